The Morgan fingerprint density at radius 1 is 0.579 bits per heavy atom. The van der Waals surface area contributed by atoms with Gasteiger partial charge in [0, 0.05) is 21.3 Å². The normalized spacial score (nSPS) is 12.9. The smallest absolute Gasteiger partial charge is 0.170 e. The zero-order valence-electron chi connectivity index (χ0n) is 20.3. The van der Waals surface area contributed by atoms with Gasteiger partial charge in [-0.1, -0.05) is 92.5 Å². The third-order valence-electron chi connectivity index (χ3n) is 6.68. The summed E-state index contributed by atoms with van der Waals surface area (Å²) in [6, 6.07) is 37.7. The number of nitrogens with one attached hydrogen (secondary N) is 2. The maximum Gasteiger partial charge on any atom is 0.170 e. The molecular weight excluding hydrogens is 620 g/mol. The summed E-state index contributed by atoms with van der Waals surface area (Å²) >= 11 is 13.3. The van der Waals surface area contributed by atoms with Crippen LogP contribution in [0.2, 0.25) is 0 Å². The van der Waals surface area contributed by atoms with Gasteiger partial charge in [0.2, 0.25) is 0 Å². The van der Waals surface area contributed by atoms with E-state index in [4.69, 9.17) is 12.2 Å². The highest BCUT2D eigenvalue weighted by Gasteiger charge is 2.21. The monoisotopic (exact) mass is 642 g/mol. The first-order valence-electron chi connectivity index (χ1n) is 12.3. The number of hydrogen-bond acceptors (Lipinski definition) is 1. The number of para-hydroxylation sites is 2. The molecule has 2 atom stereocenters. The standard InChI is InChI=1S/C31H24Br2N4S/c32-25-11-5-9-23(19-25)29(36-17-15-21-7-1-3-13-27(21)36)34-31(38)35-30(24-10-6-12-26(33)20-24)37-18-16-22-8-2-4-14-28(22)37/h1-20,29-30H,(H2,34,35,38). The maximum absolute atomic E-state index is 5.99. The first kappa shape index (κ1) is 24.9. The van der Waals surface area contributed by atoms with Gasteiger partial charge >= 0.3 is 0 Å². The second-order valence-electron chi connectivity index (χ2n) is 9.10. The van der Waals surface area contributed by atoms with Crippen molar-refractivity contribution in [2.24, 2.45) is 0 Å². The fourth-order valence-electron chi connectivity index (χ4n) is 4.93. The summed E-state index contributed by atoms with van der Waals surface area (Å²) < 4.78 is 6.49. The van der Waals surface area contributed by atoms with E-state index in [1.54, 1.807) is 0 Å². The molecule has 2 aromatic heterocycles. The molecular formula is C31H24Br2N4S. The van der Waals surface area contributed by atoms with Crippen molar-refractivity contribution in [1.82, 2.24) is 19.8 Å². The summed E-state index contributed by atoms with van der Waals surface area (Å²) in [5, 5.41) is 10.1. The van der Waals surface area contributed by atoms with Crippen LogP contribution in [0.15, 0.2) is 131 Å². The fraction of sp³-hybridized carbons (Fsp3) is 0.0645. The topological polar surface area (TPSA) is 33.9 Å². The summed E-state index contributed by atoms with van der Waals surface area (Å²) in [6.45, 7) is 0. The summed E-state index contributed by atoms with van der Waals surface area (Å²) in [6.07, 6.45) is 3.79. The highest BCUT2D eigenvalue weighted by Crippen LogP contribution is 2.28. The molecule has 0 fully saturated rings. The molecule has 0 saturated heterocycles. The van der Waals surface area contributed by atoms with E-state index in [0.29, 0.717) is 5.11 Å². The second kappa shape index (κ2) is 10.8. The molecule has 2 heterocycles. The Kier molecular flexibility index (Phi) is 7.06. The Morgan fingerprint density at radius 3 is 1.47 bits per heavy atom. The van der Waals surface area contributed by atoms with Crippen LogP contribution in [-0.2, 0) is 0 Å². The van der Waals surface area contributed by atoms with Crippen molar-refractivity contribution < 1.29 is 0 Å². The number of nitrogens with zero attached hydrogens (tertiary/aromatic N) is 2. The van der Waals surface area contributed by atoms with Crippen molar-refractivity contribution in [3.63, 3.8) is 0 Å². The zero-order valence-corrected chi connectivity index (χ0v) is 24.2. The molecule has 0 aliphatic carbocycles. The minimum atomic E-state index is -0.211. The largest absolute Gasteiger partial charge is 0.338 e. The van der Waals surface area contributed by atoms with Gasteiger partial charge in [-0.25, -0.2) is 0 Å². The van der Waals surface area contributed by atoms with Gasteiger partial charge in [-0.3, -0.25) is 0 Å². The molecule has 188 valence electrons. The Labute approximate surface area is 243 Å². The van der Waals surface area contributed by atoms with Crippen molar-refractivity contribution in [3.8, 4) is 0 Å². The van der Waals surface area contributed by atoms with E-state index in [1.807, 2.05) is 24.3 Å². The van der Waals surface area contributed by atoms with Gasteiger partial charge in [-0.15, -0.1) is 0 Å². The van der Waals surface area contributed by atoms with Gasteiger partial charge in [0.05, 0.1) is 11.0 Å². The predicted octanol–water partition coefficient (Wildman–Crippen LogP) is 8.38. The Bertz CT molecular complexity index is 1630. The third-order valence-corrected chi connectivity index (χ3v) is 7.90. The highest BCUT2D eigenvalue weighted by atomic mass is 79.9. The molecule has 0 aliphatic heterocycles. The average Bonchev–Trinajstić information content (AvgIpc) is 3.55. The quantitative estimate of drug-likeness (QED) is 0.179. The number of halogens is 2. The van der Waals surface area contributed by atoms with E-state index >= 15 is 0 Å². The van der Waals surface area contributed by atoms with Gasteiger partial charge in [-0.2, -0.15) is 0 Å². The summed E-state index contributed by atoms with van der Waals surface area (Å²) in [4.78, 5) is 0. The van der Waals surface area contributed by atoms with Crippen molar-refractivity contribution in [2.75, 3.05) is 0 Å². The van der Waals surface area contributed by atoms with Gasteiger partial charge < -0.3 is 19.8 Å². The SMILES string of the molecule is S=C(NC(c1cccc(Br)c1)n1ccc2ccccc21)NC(c1cccc(Br)c1)n1ccc2ccccc21. The Morgan fingerprint density at radius 2 is 1.03 bits per heavy atom. The number of thiocarbonyl (C=S) groups is 1. The van der Waals surface area contributed by atoms with E-state index in [0.717, 1.165) is 31.1 Å². The lowest BCUT2D eigenvalue weighted by atomic mass is 10.1. The highest BCUT2D eigenvalue weighted by molar-refractivity contribution is 9.10. The van der Waals surface area contributed by atoms with Gasteiger partial charge in [-0.05, 0) is 82.6 Å². The molecule has 7 heteroatoms. The predicted molar refractivity (Wildman–Crippen MR) is 167 cm³/mol. The van der Waals surface area contributed by atoms with Crippen LogP contribution in [-0.4, -0.2) is 14.2 Å². The number of hydrogen-bond donors (Lipinski definition) is 2. The van der Waals surface area contributed by atoms with Gasteiger partial charge in [0.15, 0.2) is 5.11 Å². The fourth-order valence-corrected chi connectivity index (χ4v) is 5.99. The van der Waals surface area contributed by atoms with Crippen LogP contribution in [0.3, 0.4) is 0 Å². The molecule has 4 nitrogen and oxygen atoms in total. The molecule has 4 aromatic carbocycles. The van der Waals surface area contributed by atoms with Crippen LogP contribution >= 0.6 is 44.1 Å². The van der Waals surface area contributed by atoms with Crippen molar-refractivity contribution >= 4 is 71.0 Å². The second-order valence-corrected chi connectivity index (χ2v) is 11.3. The number of benzene rings is 4. The molecule has 0 bridgehead atoms. The number of aromatic nitrogens is 2. The van der Waals surface area contributed by atoms with E-state index in [9.17, 15) is 0 Å². The minimum absolute atomic E-state index is 0.211. The van der Waals surface area contributed by atoms with E-state index in [2.05, 4.69) is 149 Å². The van der Waals surface area contributed by atoms with Gasteiger partial charge in [0.1, 0.15) is 12.3 Å². The first-order chi connectivity index (χ1) is 18.6. The molecule has 0 amide bonds. The van der Waals surface area contributed by atoms with Gasteiger partial charge in [0.25, 0.3) is 0 Å². The summed E-state index contributed by atoms with van der Waals surface area (Å²) in [7, 11) is 0. The Hall–Kier alpha value is -3.39. The molecule has 0 spiro atoms. The van der Waals surface area contributed by atoms with Crippen LogP contribution in [0.5, 0.6) is 0 Å². The lowest BCUT2D eigenvalue weighted by Crippen LogP contribution is -2.43. The lowest BCUT2D eigenvalue weighted by molar-refractivity contribution is 0.526. The minimum Gasteiger partial charge on any atom is -0.338 e. The molecule has 2 unspecified atom stereocenters. The third kappa shape index (κ3) is 5.01. The summed E-state index contributed by atoms with van der Waals surface area (Å²) in [5.74, 6) is 0. The lowest BCUT2D eigenvalue weighted by Gasteiger charge is -2.28. The van der Waals surface area contributed by atoms with Crippen molar-refractivity contribution in [3.05, 3.63) is 142 Å². The van der Waals surface area contributed by atoms with Crippen LogP contribution in [0.25, 0.3) is 21.8 Å². The number of fused-ring (bicyclic) bond motifs is 2. The van der Waals surface area contributed by atoms with Crippen molar-refractivity contribution in [1.29, 1.82) is 0 Å². The van der Waals surface area contributed by atoms with E-state index in [-0.39, 0.29) is 12.3 Å². The van der Waals surface area contributed by atoms with E-state index in [1.165, 1.54) is 10.8 Å². The van der Waals surface area contributed by atoms with E-state index < -0.39 is 0 Å². The molecule has 0 aliphatic rings. The molecule has 0 saturated carbocycles. The first-order valence-corrected chi connectivity index (χ1v) is 14.3. The molecule has 38 heavy (non-hydrogen) atoms. The Balaban J connectivity index is 1.38. The molecule has 6 aromatic rings. The van der Waals surface area contributed by atoms with Crippen LogP contribution < -0.4 is 10.6 Å². The maximum atomic E-state index is 5.99. The van der Waals surface area contributed by atoms with Crippen LogP contribution in [0.1, 0.15) is 23.5 Å². The summed E-state index contributed by atoms with van der Waals surface area (Å²) in [5.41, 5.74) is 4.45. The molecule has 0 radical (unpaired) electrons. The van der Waals surface area contributed by atoms with Crippen LogP contribution in [0.4, 0.5) is 0 Å². The number of rotatable bonds is 6. The molecule has 6 rings (SSSR count). The van der Waals surface area contributed by atoms with Crippen LogP contribution in [0, 0.1) is 0 Å². The average molecular weight is 644 g/mol. The molecule has 2 N–H and O–H groups in total. The van der Waals surface area contributed by atoms with Crippen molar-refractivity contribution in [2.45, 2.75) is 12.3 Å². The zero-order chi connectivity index (χ0) is 26.1.